The Morgan fingerprint density at radius 1 is 1.45 bits per heavy atom. The van der Waals surface area contributed by atoms with E-state index in [1.807, 2.05) is 0 Å². The Morgan fingerprint density at radius 3 is 3.00 bits per heavy atom. The number of carbonyl (C=O) groups is 1. The van der Waals surface area contributed by atoms with Crippen molar-refractivity contribution < 1.29 is 9.53 Å². The summed E-state index contributed by atoms with van der Waals surface area (Å²) < 4.78 is 5.11. The van der Waals surface area contributed by atoms with E-state index in [-0.39, 0.29) is 17.5 Å². The summed E-state index contributed by atoms with van der Waals surface area (Å²) in [5, 5.41) is 0.0696. The monoisotopic (exact) mass is 174 g/mol. The molecule has 1 saturated heterocycles. The lowest BCUT2D eigenvalue weighted by Crippen LogP contribution is -2.31. The first-order valence-corrected chi connectivity index (χ1v) is 4.54. The molecule has 1 aliphatic carbocycles. The molecule has 11 heavy (non-hydrogen) atoms. The highest BCUT2D eigenvalue weighted by atomic mass is 35.5. The van der Waals surface area contributed by atoms with Gasteiger partial charge in [0.15, 0.2) is 0 Å². The molecule has 2 fully saturated rings. The van der Waals surface area contributed by atoms with Crippen molar-refractivity contribution in [3.05, 3.63) is 0 Å². The third-order valence-corrected chi connectivity index (χ3v) is 3.04. The van der Waals surface area contributed by atoms with Crippen molar-refractivity contribution in [3.8, 4) is 0 Å². The zero-order chi connectivity index (χ0) is 7.84. The lowest BCUT2D eigenvalue weighted by Gasteiger charge is -2.27. The molecule has 2 aliphatic rings. The van der Waals surface area contributed by atoms with Crippen LogP contribution in [-0.2, 0) is 9.53 Å². The number of esters is 1. The van der Waals surface area contributed by atoms with E-state index in [0.29, 0.717) is 12.3 Å². The van der Waals surface area contributed by atoms with Gasteiger partial charge in [0, 0.05) is 5.92 Å². The Hall–Kier alpha value is -0.240. The van der Waals surface area contributed by atoms with E-state index in [2.05, 4.69) is 0 Å². The fraction of sp³-hybridized carbons (Fsp3) is 0.875. The summed E-state index contributed by atoms with van der Waals surface area (Å²) >= 11 is 6.01. The molecule has 1 saturated carbocycles. The lowest BCUT2D eigenvalue weighted by atomic mass is 9.86. The smallest absolute Gasteiger partial charge is 0.306 e. The van der Waals surface area contributed by atoms with E-state index in [9.17, 15) is 4.79 Å². The molecule has 2 nitrogen and oxygen atoms in total. The van der Waals surface area contributed by atoms with Crippen LogP contribution in [0.3, 0.4) is 0 Å². The normalized spacial score (nSPS) is 43.4. The van der Waals surface area contributed by atoms with Crippen LogP contribution in [0, 0.1) is 5.92 Å². The van der Waals surface area contributed by atoms with E-state index in [1.165, 1.54) is 0 Å². The van der Waals surface area contributed by atoms with Crippen molar-refractivity contribution in [2.75, 3.05) is 0 Å². The molecule has 0 aromatic rings. The molecular weight excluding hydrogens is 164 g/mol. The summed E-state index contributed by atoms with van der Waals surface area (Å²) in [6, 6.07) is 0. The second-order valence-corrected chi connectivity index (χ2v) is 3.93. The van der Waals surface area contributed by atoms with Crippen LogP contribution in [0.4, 0.5) is 0 Å². The molecule has 1 heterocycles. The summed E-state index contributed by atoms with van der Waals surface area (Å²) in [7, 11) is 0. The molecule has 0 aromatic heterocycles. The van der Waals surface area contributed by atoms with Crippen LogP contribution in [0.1, 0.15) is 25.7 Å². The molecular formula is C8H11ClO2. The number of rotatable bonds is 0. The summed E-state index contributed by atoms with van der Waals surface area (Å²) in [5.41, 5.74) is 0. The van der Waals surface area contributed by atoms with Gasteiger partial charge in [-0.1, -0.05) is 6.42 Å². The minimum Gasteiger partial charge on any atom is -0.460 e. The van der Waals surface area contributed by atoms with Crippen molar-refractivity contribution >= 4 is 17.6 Å². The van der Waals surface area contributed by atoms with Gasteiger partial charge in [0.2, 0.25) is 0 Å². The number of hydrogen-bond donors (Lipinski definition) is 0. The molecule has 0 bridgehead atoms. The van der Waals surface area contributed by atoms with Gasteiger partial charge in [0.25, 0.3) is 0 Å². The third kappa shape index (κ3) is 1.24. The van der Waals surface area contributed by atoms with E-state index in [0.717, 1.165) is 19.3 Å². The summed E-state index contributed by atoms with van der Waals surface area (Å²) in [4.78, 5) is 10.9. The van der Waals surface area contributed by atoms with Gasteiger partial charge in [-0.2, -0.15) is 0 Å². The molecule has 0 aromatic carbocycles. The van der Waals surface area contributed by atoms with Gasteiger partial charge in [0.05, 0.1) is 11.8 Å². The van der Waals surface area contributed by atoms with Crippen LogP contribution in [0.2, 0.25) is 0 Å². The largest absolute Gasteiger partial charge is 0.460 e. The fourth-order valence-corrected chi connectivity index (χ4v) is 2.41. The van der Waals surface area contributed by atoms with Crippen molar-refractivity contribution in [3.63, 3.8) is 0 Å². The molecule has 0 N–H and O–H groups in total. The maximum absolute atomic E-state index is 10.9. The zero-order valence-electron chi connectivity index (χ0n) is 6.25. The maximum Gasteiger partial charge on any atom is 0.306 e. The van der Waals surface area contributed by atoms with Crippen LogP contribution in [-0.4, -0.2) is 17.5 Å². The van der Waals surface area contributed by atoms with Gasteiger partial charge in [-0.25, -0.2) is 0 Å². The van der Waals surface area contributed by atoms with Gasteiger partial charge in [-0.05, 0) is 12.8 Å². The Morgan fingerprint density at radius 2 is 2.27 bits per heavy atom. The second-order valence-electron chi connectivity index (χ2n) is 3.37. The molecule has 0 spiro atoms. The van der Waals surface area contributed by atoms with Crippen molar-refractivity contribution in [2.24, 2.45) is 5.92 Å². The number of ether oxygens (including phenoxy) is 1. The van der Waals surface area contributed by atoms with E-state index in [1.54, 1.807) is 0 Å². The number of fused-ring (bicyclic) bond motifs is 1. The van der Waals surface area contributed by atoms with E-state index < -0.39 is 0 Å². The standard InChI is InChI=1S/C8H11ClO2/c9-6-3-1-2-5-4-7(10)11-8(5)6/h5-6,8H,1-4H2/t5-,6+,8+/m1/s1. The van der Waals surface area contributed by atoms with Gasteiger partial charge >= 0.3 is 5.97 Å². The van der Waals surface area contributed by atoms with Crippen LogP contribution in [0.15, 0.2) is 0 Å². The maximum atomic E-state index is 10.9. The number of hydrogen-bond acceptors (Lipinski definition) is 2. The minimum atomic E-state index is -0.0625. The Bertz CT molecular complexity index is 181. The summed E-state index contributed by atoms with van der Waals surface area (Å²) in [6.45, 7) is 0. The second kappa shape index (κ2) is 2.67. The van der Waals surface area contributed by atoms with Crippen molar-refractivity contribution in [1.29, 1.82) is 0 Å². The highest BCUT2D eigenvalue weighted by Crippen LogP contribution is 2.37. The van der Waals surface area contributed by atoms with Gasteiger partial charge < -0.3 is 4.74 Å². The number of halogens is 1. The average Bonchev–Trinajstić information content (AvgIpc) is 2.31. The first-order chi connectivity index (χ1) is 5.27. The van der Waals surface area contributed by atoms with E-state index >= 15 is 0 Å². The Kier molecular flexibility index (Phi) is 1.80. The zero-order valence-corrected chi connectivity index (χ0v) is 7.01. The van der Waals surface area contributed by atoms with Gasteiger partial charge in [-0.3, -0.25) is 4.79 Å². The molecule has 3 atom stereocenters. The van der Waals surface area contributed by atoms with Crippen molar-refractivity contribution in [1.82, 2.24) is 0 Å². The van der Waals surface area contributed by atoms with Gasteiger partial charge in [0.1, 0.15) is 6.10 Å². The van der Waals surface area contributed by atoms with Crippen LogP contribution in [0.5, 0.6) is 0 Å². The molecule has 3 heteroatoms. The first-order valence-electron chi connectivity index (χ1n) is 4.11. The van der Waals surface area contributed by atoms with Crippen molar-refractivity contribution in [2.45, 2.75) is 37.2 Å². The predicted octanol–water partition coefficient (Wildman–Crippen LogP) is 1.71. The molecule has 2 rings (SSSR count). The average molecular weight is 175 g/mol. The molecule has 62 valence electrons. The summed E-state index contributed by atoms with van der Waals surface area (Å²) in [5.74, 6) is 0.353. The first kappa shape index (κ1) is 7.41. The van der Waals surface area contributed by atoms with Crippen LogP contribution in [0.25, 0.3) is 0 Å². The third-order valence-electron chi connectivity index (χ3n) is 2.57. The topological polar surface area (TPSA) is 26.3 Å². The summed E-state index contributed by atoms with van der Waals surface area (Å²) in [6.07, 6.45) is 3.87. The molecule has 0 amide bonds. The SMILES string of the molecule is O=C1C[C@H]2CCC[C@H](Cl)[C@H]2O1. The highest BCUT2D eigenvalue weighted by Gasteiger charge is 2.41. The Labute approximate surface area is 70.9 Å². The molecule has 1 aliphatic heterocycles. The fourth-order valence-electron chi connectivity index (χ4n) is 2.00. The highest BCUT2D eigenvalue weighted by molar-refractivity contribution is 6.21. The quantitative estimate of drug-likeness (QED) is 0.413. The van der Waals surface area contributed by atoms with Gasteiger partial charge in [-0.15, -0.1) is 11.6 Å². The Balaban J connectivity index is 2.09. The lowest BCUT2D eigenvalue weighted by molar-refractivity contribution is -0.141. The molecule has 0 unspecified atom stereocenters. The predicted molar refractivity (Wildman–Crippen MR) is 41.5 cm³/mol. The van der Waals surface area contributed by atoms with E-state index in [4.69, 9.17) is 16.3 Å². The van der Waals surface area contributed by atoms with Crippen LogP contribution < -0.4 is 0 Å². The van der Waals surface area contributed by atoms with Crippen LogP contribution >= 0.6 is 11.6 Å². The number of carbonyl (C=O) groups excluding carboxylic acids is 1. The number of alkyl halides is 1. The minimum absolute atomic E-state index is 0.0258. The molecule has 0 radical (unpaired) electrons.